The van der Waals surface area contributed by atoms with Crippen LogP contribution < -0.4 is 5.73 Å². The van der Waals surface area contributed by atoms with E-state index in [0.29, 0.717) is 11.3 Å². The van der Waals surface area contributed by atoms with Gasteiger partial charge in [0, 0.05) is 5.69 Å². The van der Waals surface area contributed by atoms with Crippen LogP contribution in [0.3, 0.4) is 0 Å². The quantitative estimate of drug-likeness (QED) is 0.871. The number of hydrogen-bond acceptors (Lipinski definition) is 3. The average molecular weight is 334 g/mol. The molecule has 0 aliphatic rings. The summed E-state index contributed by atoms with van der Waals surface area (Å²) in [5.41, 5.74) is 6.23. The molecular weight excluding hydrogens is 324 g/mol. The van der Waals surface area contributed by atoms with Gasteiger partial charge in [-0.15, -0.1) is 0 Å². The van der Waals surface area contributed by atoms with Crippen molar-refractivity contribution in [1.29, 1.82) is 0 Å². The molecule has 3 nitrogen and oxygen atoms in total. The molecule has 0 bridgehead atoms. The van der Waals surface area contributed by atoms with Gasteiger partial charge >= 0.3 is 0 Å². The summed E-state index contributed by atoms with van der Waals surface area (Å²) in [6, 6.07) is 7.97. The van der Waals surface area contributed by atoms with E-state index in [1.54, 1.807) is 0 Å². The monoisotopic (exact) mass is 333 g/mol. The molecule has 0 heterocycles. The molecule has 2 aromatic rings. The van der Waals surface area contributed by atoms with Gasteiger partial charge in [-0.2, -0.15) is 0 Å². The van der Waals surface area contributed by atoms with Crippen molar-refractivity contribution in [3.8, 4) is 0 Å². The van der Waals surface area contributed by atoms with E-state index in [2.05, 4.69) is 0 Å². The predicted octanol–water partition coefficient (Wildman–Crippen LogP) is 3.69. The zero-order valence-corrected chi connectivity index (χ0v) is 12.4. The Morgan fingerprint density at radius 1 is 1.05 bits per heavy atom. The molecule has 7 heteroatoms. The normalized spacial score (nSPS) is 11.6. The van der Waals surface area contributed by atoms with Crippen LogP contribution in [-0.4, -0.2) is 8.42 Å². The highest BCUT2D eigenvalue weighted by molar-refractivity contribution is 7.90. The summed E-state index contributed by atoms with van der Waals surface area (Å²) in [7, 11) is -3.69. The molecule has 0 saturated carbocycles. The van der Waals surface area contributed by atoms with Crippen LogP contribution in [0.4, 0.5) is 10.1 Å². The molecule has 20 heavy (non-hydrogen) atoms. The molecule has 2 N–H and O–H groups in total. The van der Waals surface area contributed by atoms with E-state index in [0.717, 1.165) is 6.07 Å². The van der Waals surface area contributed by atoms with Gasteiger partial charge in [0.05, 0.1) is 20.7 Å². The Bertz CT molecular complexity index is 763. The van der Waals surface area contributed by atoms with E-state index in [9.17, 15) is 12.8 Å². The third-order valence-corrected chi connectivity index (χ3v) is 5.08. The molecule has 0 radical (unpaired) electrons. The fourth-order valence-corrected chi connectivity index (χ4v) is 3.81. The molecule has 0 aliphatic heterocycles. The van der Waals surface area contributed by atoms with Crippen LogP contribution >= 0.6 is 23.2 Å². The topological polar surface area (TPSA) is 60.2 Å². The van der Waals surface area contributed by atoms with Crippen LogP contribution in [0.25, 0.3) is 0 Å². The molecule has 106 valence electrons. The Hall–Kier alpha value is -1.30. The van der Waals surface area contributed by atoms with E-state index < -0.39 is 15.7 Å². The van der Waals surface area contributed by atoms with Gasteiger partial charge in [-0.25, -0.2) is 12.8 Å². The van der Waals surface area contributed by atoms with Crippen molar-refractivity contribution in [2.45, 2.75) is 10.6 Å². The second kappa shape index (κ2) is 5.60. The first-order valence-electron chi connectivity index (χ1n) is 5.51. The van der Waals surface area contributed by atoms with Crippen LogP contribution in [-0.2, 0) is 15.6 Å². The highest BCUT2D eigenvalue weighted by atomic mass is 35.5. The van der Waals surface area contributed by atoms with Crippen LogP contribution in [0.1, 0.15) is 5.56 Å². The van der Waals surface area contributed by atoms with Crippen LogP contribution in [0.2, 0.25) is 10.0 Å². The van der Waals surface area contributed by atoms with Crippen molar-refractivity contribution < 1.29 is 12.8 Å². The molecule has 2 rings (SSSR count). The Kier molecular flexibility index (Phi) is 4.22. The van der Waals surface area contributed by atoms with Gasteiger partial charge in [0.25, 0.3) is 0 Å². The molecule has 0 amide bonds. The molecule has 0 spiro atoms. The fourth-order valence-electron chi connectivity index (χ4n) is 1.68. The maximum absolute atomic E-state index is 13.1. The predicted molar refractivity (Wildman–Crippen MR) is 78.2 cm³/mol. The highest BCUT2D eigenvalue weighted by Gasteiger charge is 2.19. The van der Waals surface area contributed by atoms with Gasteiger partial charge in [-0.05, 0) is 35.9 Å². The highest BCUT2D eigenvalue weighted by Crippen LogP contribution is 2.27. The lowest BCUT2D eigenvalue weighted by molar-refractivity contribution is 0.595. The number of rotatable bonds is 3. The van der Waals surface area contributed by atoms with Crippen molar-refractivity contribution in [3.05, 3.63) is 57.8 Å². The van der Waals surface area contributed by atoms with Gasteiger partial charge in [-0.1, -0.05) is 29.3 Å². The number of nitrogens with two attached hydrogens (primary N) is 1. The van der Waals surface area contributed by atoms with E-state index in [1.807, 2.05) is 0 Å². The van der Waals surface area contributed by atoms with Crippen LogP contribution in [0.5, 0.6) is 0 Å². The number of benzene rings is 2. The van der Waals surface area contributed by atoms with Crippen molar-refractivity contribution in [2.24, 2.45) is 0 Å². The number of nitrogen functional groups attached to an aromatic ring is 1. The second-order valence-corrected chi connectivity index (χ2v) is 6.97. The Morgan fingerprint density at radius 3 is 2.40 bits per heavy atom. The summed E-state index contributed by atoms with van der Waals surface area (Å²) >= 11 is 11.5. The maximum atomic E-state index is 13.1. The van der Waals surface area contributed by atoms with Crippen LogP contribution in [0, 0.1) is 5.82 Å². The Balaban J connectivity index is 2.40. The summed E-state index contributed by atoms with van der Waals surface area (Å²) in [4.78, 5) is -0.0559. The minimum absolute atomic E-state index is 0.0559. The largest absolute Gasteiger partial charge is 0.399 e. The van der Waals surface area contributed by atoms with Crippen molar-refractivity contribution in [1.82, 2.24) is 0 Å². The summed E-state index contributed by atoms with van der Waals surface area (Å²) in [5.74, 6) is -0.939. The Morgan fingerprint density at radius 2 is 1.75 bits per heavy atom. The standard InChI is InChI=1S/C13H10Cl2FNO2S/c14-10-3-2-9(17)6-13(10)20(18,19)7-8-1-4-12(16)11(15)5-8/h1-6H,7,17H2. The van der Waals surface area contributed by atoms with Gasteiger partial charge in [0.15, 0.2) is 9.84 Å². The number of halogens is 3. The van der Waals surface area contributed by atoms with E-state index in [1.165, 1.54) is 30.3 Å². The van der Waals surface area contributed by atoms with E-state index in [4.69, 9.17) is 28.9 Å². The van der Waals surface area contributed by atoms with Gasteiger partial charge in [-0.3, -0.25) is 0 Å². The minimum atomic E-state index is -3.69. The lowest BCUT2D eigenvalue weighted by atomic mass is 10.2. The van der Waals surface area contributed by atoms with Crippen molar-refractivity contribution in [2.75, 3.05) is 5.73 Å². The lowest BCUT2D eigenvalue weighted by Crippen LogP contribution is -2.06. The number of sulfone groups is 1. The molecule has 0 unspecified atom stereocenters. The lowest BCUT2D eigenvalue weighted by Gasteiger charge is -2.08. The number of anilines is 1. The summed E-state index contributed by atoms with van der Waals surface area (Å²) in [5, 5.41) is -0.0382. The van der Waals surface area contributed by atoms with Crippen LogP contribution in [0.15, 0.2) is 41.3 Å². The third kappa shape index (κ3) is 3.23. The first-order valence-corrected chi connectivity index (χ1v) is 7.92. The first kappa shape index (κ1) is 15.1. The smallest absolute Gasteiger partial charge is 0.184 e. The van der Waals surface area contributed by atoms with E-state index >= 15 is 0 Å². The second-order valence-electron chi connectivity index (χ2n) is 4.20. The van der Waals surface area contributed by atoms with Gasteiger partial charge in [0.2, 0.25) is 0 Å². The molecule has 0 aromatic heterocycles. The van der Waals surface area contributed by atoms with E-state index in [-0.39, 0.29) is 20.7 Å². The zero-order chi connectivity index (χ0) is 14.9. The molecular formula is C13H10Cl2FNO2S. The third-order valence-electron chi connectivity index (χ3n) is 2.63. The molecule has 0 fully saturated rings. The minimum Gasteiger partial charge on any atom is -0.399 e. The van der Waals surface area contributed by atoms with Gasteiger partial charge < -0.3 is 5.73 Å². The molecule has 0 atom stereocenters. The maximum Gasteiger partial charge on any atom is 0.184 e. The Labute approximate surface area is 126 Å². The first-order chi connectivity index (χ1) is 9.29. The van der Waals surface area contributed by atoms with Crippen molar-refractivity contribution >= 4 is 38.7 Å². The number of hydrogen-bond donors (Lipinski definition) is 1. The average Bonchev–Trinajstić information content (AvgIpc) is 2.36. The fraction of sp³-hybridized carbons (Fsp3) is 0.0769. The zero-order valence-electron chi connectivity index (χ0n) is 10.1. The molecule has 0 saturated heterocycles. The van der Waals surface area contributed by atoms with Crippen molar-refractivity contribution in [3.63, 3.8) is 0 Å². The molecule has 0 aliphatic carbocycles. The summed E-state index contributed by atoms with van der Waals surface area (Å²) < 4.78 is 37.6. The SMILES string of the molecule is Nc1ccc(Cl)c(S(=O)(=O)Cc2ccc(F)c(Cl)c2)c1. The molecule has 2 aromatic carbocycles. The summed E-state index contributed by atoms with van der Waals surface area (Å²) in [6.07, 6.45) is 0. The summed E-state index contributed by atoms with van der Waals surface area (Å²) in [6.45, 7) is 0. The van der Waals surface area contributed by atoms with Gasteiger partial charge in [0.1, 0.15) is 5.82 Å².